The number of thioether (sulfide) groups is 1. The zero-order valence-electron chi connectivity index (χ0n) is 15.0. The van der Waals surface area contributed by atoms with Gasteiger partial charge in [0.2, 0.25) is 0 Å². The highest BCUT2D eigenvalue weighted by Gasteiger charge is 2.12. The van der Waals surface area contributed by atoms with Gasteiger partial charge in [-0.05, 0) is 29.8 Å². The molecular weight excluding hydrogens is 368 g/mol. The Morgan fingerprint density at radius 2 is 1.68 bits per heavy atom. The molecule has 0 aliphatic heterocycles. The molecule has 2 aromatic heterocycles. The van der Waals surface area contributed by atoms with Crippen LogP contribution in [0.4, 0.5) is 5.69 Å². The molecule has 2 heterocycles. The van der Waals surface area contributed by atoms with Crippen LogP contribution >= 0.6 is 11.8 Å². The van der Waals surface area contributed by atoms with Crippen molar-refractivity contribution in [2.24, 2.45) is 5.10 Å². The van der Waals surface area contributed by atoms with E-state index < -0.39 is 0 Å². The zero-order chi connectivity index (χ0) is 19.2. The first kappa shape index (κ1) is 18.0. The van der Waals surface area contributed by atoms with Crippen molar-refractivity contribution in [2.45, 2.75) is 10.8 Å². The molecule has 1 N–H and O–H groups in total. The lowest BCUT2D eigenvalue weighted by Gasteiger charge is -2.08. The van der Waals surface area contributed by atoms with Crippen molar-refractivity contribution >= 4 is 29.3 Å². The van der Waals surface area contributed by atoms with Crippen molar-refractivity contribution in [3.63, 3.8) is 0 Å². The van der Waals surface area contributed by atoms with Crippen LogP contribution < -0.4 is 11.0 Å². The van der Waals surface area contributed by atoms with Gasteiger partial charge in [0, 0.05) is 11.9 Å². The van der Waals surface area contributed by atoms with Crippen LogP contribution in [0, 0.1) is 0 Å². The normalized spacial score (nSPS) is 11.1. The first-order chi connectivity index (χ1) is 13.8. The Balaban J connectivity index is 1.67. The number of rotatable bonds is 6. The lowest BCUT2D eigenvalue weighted by atomic mass is 10.2. The van der Waals surface area contributed by atoms with Gasteiger partial charge in [0.1, 0.15) is 10.7 Å². The molecule has 5 nitrogen and oxygen atoms in total. The van der Waals surface area contributed by atoms with E-state index >= 15 is 0 Å². The average molecular weight is 386 g/mol. The Bertz CT molecular complexity index is 1160. The average Bonchev–Trinajstić information content (AvgIpc) is 2.75. The molecule has 0 amide bonds. The molecule has 0 saturated heterocycles. The predicted molar refractivity (Wildman–Crippen MR) is 115 cm³/mol. The summed E-state index contributed by atoms with van der Waals surface area (Å²) in [6.45, 7) is 0. The highest BCUT2D eigenvalue weighted by atomic mass is 32.2. The third kappa shape index (κ3) is 4.13. The fourth-order valence-electron chi connectivity index (χ4n) is 2.71. The summed E-state index contributed by atoms with van der Waals surface area (Å²) < 4.78 is 1.54. The van der Waals surface area contributed by atoms with Gasteiger partial charge in [-0.1, -0.05) is 54.6 Å². The zero-order valence-corrected chi connectivity index (χ0v) is 15.8. The summed E-state index contributed by atoms with van der Waals surface area (Å²) in [7, 11) is 0. The third-order valence-corrected chi connectivity index (χ3v) is 5.18. The predicted octanol–water partition coefficient (Wildman–Crippen LogP) is 4.43. The van der Waals surface area contributed by atoms with Gasteiger partial charge in [-0.15, -0.1) is 11.8 Å². The second-order valence-electron chi connectivity index (χ2n) is 6.07. The number of nitrogens with zero attached hydrogens (tertiary/aromatic N) is 3. The number of hydrogen-bond acceptors (Lipinski definition) is 5. The third-order valence-electron chi connectivity index (χ3n) is 4.11. The van der Waals surface area contributed by atoms with Crippen LogP contribution in [0.2, 0.25) is 0 Å². The van der Waals surface area contributed by atoms with Gasteiger partial charge >= 0.3 is 0 Å². The highest BCUT2D eigenvalue weighted by Crippen LogP contribution is 2.23. The quantitative estimate of drug-likeness (QED) is 0.230. The van der Waals surface area contributed by atoms with Gasteiger partial charge in [-0.25, -0.2) is 4.98 Å². The molecule has 0 spiro atoms. The molecule has 4 rings (SSSR count). The lowest BCUT2D eigenvalue weighted by Crippen LogP contribution is -2.21. The van der Waals surface area contributed by atoms with Gasteiger partial charge < -0.3 is 0 Å². The van der Waals surface area contributed by atoms with E-state index in [1.54, 1.807) is 12.4 Å². The van der Waals surface area contributed by atoms with Crippen LogP contribution in [0.3, 0.4) is 0 Å². The van der Waals surface area contributed by atoms with Crippen LogP contribution in [-0.2, 0) is 5.75 Å². The largest absolute Gasteiger partial charge is 0.279 e. The molecule has 28 heavy (non-hydrogen) atoms. The number of para-hydroxylation sites is 1. The molecule has 138 valence electrons. The number of nitrogens with one attached hydrogen (secondary N) is 1. The van der Waals surface area contributed by atoms with E-state index in [4.69, 9.17) is 0 Å². The molecule has 0 aliphatic rings. The molecule has 2 aromatic carbocycles. The maximum atomic E-state index is 13.0. The van der Waals surface area contributed by atoms with Gasteiger partial charge in [0.25, 0.3) is 5.56 Å². The number of hydrogen-bond donors (Lipinski definition) is 1. The number of hydrazone groups is 1. The van der Waals surface area contributed by atoms with Crippen LogP contribution in [0.25, 0.3) is 5.65 Å². The SMILES string of the molecule is O=c1c(/C=N/Nc2ccccc2)c(SCc2ccccc2)nc2ccccn12. The summed E-state index contributed by atoms with van der Waals surface area (Å²) in [6, 6.07) is 25.2. The molecular formula is C22H18N4OS. The first-order valence-electron chi connectivity index (χ1n) is 8.83. The lowest BCUT2D eigenvalue weighted by molar-refractivity contribution is 0.976. The molecule has 4 aromatic rings. The van der Waals surface area contributed by atoms with E-state index in [1.165, 1.54) is 21.7 Å². The van der Waals surface area contributed by atoms with Crippen molar-refractivity contribution in [2.75, 3.05) is 5.43 Å². The summed E-state index contributed by atoms with van der Waals surface area (Å²) in [5.41, 5.74) is 5.93. The van der Waals surface area contributed by atoms with E-state index in [9.17, 15) is 4.79 Å². The summed E-state index contributed by atoms with van der Waals surface area (Å²) in [5, 5.41) is 4.92. The van der Waals surface area contributed by atoms with E-state index in [-0.39, 0.29) is 5.56 Å². The summed E-state index contributed by atoms with van der Waals surface area (Å²) >= 11 is 1.53. The topological polar surface area (TPSA) is 58.8 Å². The number of benzene rings is 2. The Morgan fingerprint density at radius 1 is 0.964 bits per heavy atom. The number of anilines is 1. The molecule has 0 aliphatic carbocycles. The highest BCUT2D eigenvalue weighted by molar-refractivity contribution is 7.98. The van der Waals surface area contributed by atoms with E-state index in [0.717, 1.165) is 11.4 Å². The monoisotopic (exact) mass is 386 g/mol. The Labute approximate surface area is 166 Å². The smallest absolute Gasteiger partial charge is 0.267 e. The van der Waals surface area contributed by atoms with Crippen molar-refractivity contribution in [1.29, 1.82) is 0 Å². The summed E-state index contributed by atoms with van der Waals surface area (Å²) in [5.74, 6) is 0.725. The van der Waals surface area contributed by atoms with Crippen molar-refractivity contribution in [3.8, 4) is 0 Å². The van der Waals surface area contributed by atoms with Crippen molar-refractivity contribution < 1.29 is 0 Å². The molecule has 0 radical (unpaired) electrons. The molecule has 0 atom stereocenters. The summed E-state index contributed by atoms with van der Waals surface area (Å²) in [4.78, 5) is 17.7. The van der Waals surface area contributed by atoms with Gasteiger partial charge in [-0.2, -0.15) is 5.10 Å². The molecule has 6 heteroatoms. The Kier molecular flexibility index (Phi) is 5.49. The maximum Gasteiger partial charge on any atom is 0.267 e. The molecule has 0 bridgehead atoms. The minimum Gasteiger partial charge on any atom is -0.279 e. The van der Waals surface area contributed by atoms with Crippen LogP contribution in [0.15, 0.2) is 100.0 Å². The van der Waals surface area contributed by atoms with Gasteiger partial charge in [-0.3, -0.25) is 14.6 Å². The second kappa shape index (κ2) is 8.54. The van der Waals surface area contributed by atoms with E-state index in [0.29, 0.717) is 16.2 Å². The second-order valence-corrected chi connectivity index (χ2v) is 7.04. The van der Waals surface area contributed by atoms with Crippen LogP contribution in [-0.4, -0.2) is 15.6 Å². The van der Waals surface area contributed by atoms with Crippen molar-refractivity contribution in [3.05, 3.63) is 107 Å². The molecule has 0 fully saturated rings. The van der Waals surface area contributed by atoms with Crippen LogP contribution in [0.5, 0.6) is 0 Å². The fourth-order valence-corrected chi connectivity index (χ4v) is 3.66. The standard InChI is InChI=1S/C22H18N4OS/c27-22-19(15-23-25-18-11-5-2-6-12-18)21(24-20-13-7-8-14-26(20)22)28-16-17-9-3-1-4-10-17/h1-15,25H,16H2/b23-15+. The molecule has 0 unspecified atom stereocenters. The molecule has 0 saturated carbocycles. The van der Waals surface area contributed by atoms with Gasteiger partial charge in [0.05, 0.1) is 17.5 Å². The number of pyridine rings is 1. The first-order valence-corrected chi connectivity index (χ1v) is 9.82. The Hall–Kier alpha value is -3.38. The van der Waals surface area contributed by atoms with E-state index in [2.05, 4.69) is 27.6 Å². The fraction of sp³-hybridized carbons (Fsp3) is 0.0455. The van der Waals surface area contributed by atoms with Crippen LogP contribution in [0.1, 0.15) is 11.1 Å². The number of fused-ring (bicyclic) bond motifs is 1. The Morgan fingerprint density at radius 3 is 2.46 bits per heavy atom. The van der Waals surface area contributed by atoms with Gasteiger partial charge in [0.15, 0.2) is 0 Å². The summed E-state index contributed by atoms with van der Waals surface area (Å²) in [6.07, 6.45) is 3.27. The van der Waals surface area contributed by atoms with E-state index in [1.807, 2.05) is 66.7 Å². The van der Waals surface area contributed by atoms with Crippen molar-refractivity contribution in [1.82, 2.24) is 9.38 Å². The minimum absolute atomic E-state index is 0.139. The minimum atomic E-state index is -0.139. The maximum absolute atomic E-state index is 13.0. The number of aromatic nitrogens is 2.